The number of nitrogens with one attached hydrogen (secondary N) is 1. The van der Waals surface area contributed by atoms with E-state index in [2.05, 4.69) is 14.6 Å². The number of aromatic nitrogens is 2. The number of hydrogen-bond donors (Lipinski definition) is 1. The molecule has 0 spiro atoms. The van der Waals surface area contributed by atoms with E-state index in [9.17, 15) is 8.76 Å². The fourth-order valence-electron chi connectivity index (χ4n) is 2.06. The topological polar surface area (TPSA) is 79.2 Å². The quantitative estimate of drug-likeness (QED) is 0.704. The molecule has 2 aromatic carbocycles. The van der Waals surface area contributed by atoms with Crippen LogP contribution in [0.3, 0.4) is 0 Å². The summed E-state index contributed by atoms with van der Waals surface area (Å²) in [6, 6.07) is 19.0. The van der Waals surface area contributed by atoms with Crippen LogP contribution in [0.25, 0.3) is 5.69 Å². The van der Waals surface area contributed by atoms with Crippen LogP contribution in [-0.2, 0) is 22.2 Å². The van der Waals surface area contributed by atoms with Gasteiger partial charge in [0.15, 0.2) is 5.82 Å². The van der Waals surface area contributed by atoms with Gasteiger partial charge in [0.25, 0.3) is 0 Å². The minimum atomic E-state index is -2.50. The molecule has 1 N–H and O–H groups in total. The molecule has 0 bridgehead atoms. The molecule has 7 heteroatoms. The maximum atomic E-state index is 10.4. The van der Waals surface area contributed by atoms with E-state index in [1.165, 1.54) is 0 Å². The summed E-state index contributed by atoms with van der Waals surface area (Å²) in [6.07, 6.45) is 1.88. The van der Waals surface area contributed by atoms with Crippen molar-refractivity contribution in [3.63, 3.8) is 0 Å². The van der Waals surface area contributed by atoms with E-state index in [1.807, 2.05) is 54.7 Å². The predicted molar refractivity (Wildman–Crippen MR) is 87.0 cm³/mol. The normalized spacial score (nSPS) is 12.0. The van der Waals surface area contributed by atoms with E-state index in [0.29, 0.717) is 0 Å². The Morgan fingerprint density at radius 3 is 2.52 bits per heavy atom. The van der Waals surface area contributed by atoms with Crippen molar-refractivity contribution in [3.8, 4) is 5.69 Å². The number of anilines is 2. The van der Waals surface area contributed by atoms with Crippen LogP contribution < -0.4 is 5.32 Å². The molecule has 0 fully saturated rings. The number of rotatable bonds is 6. The van der Waals surface area contributed by atoms with E-state index in [4.69, 9.17) is 0 Å². The highest BCUT2D eigenvalue weighted by Gasteiger charge is 2.02. The van der Waals surface area contributed by atoms with Crippen LogP contribution >= 0.6 is 0 Å². The molecule has 0 radical (unpaired) electrons. The second-order valence-corrected chi connectivity index (χ2v) is 5.41. The van der Waals surface area contributed by atoms with Crippen molar-refractivity contribution in [2.75, 3.05) is 5.32 Å². The highest BCUT2D eigenvalue weighted by molar-refractivity contribution is 7.74. The van der Waals surface area contributed by atoms with Gasteiger partial charge in [-0.3, -0.25) is 4.18 Å². The summed E-state index contributed by atoms with van der Waals surface area (Å²) in [5, 5.41) is 7.65. The van der Waals surface area contributed by atoms with Crippen LogP contribution in [0, 0.1) is 0 Å². The first-order chi connectivity index (χ1) is 11.2. The average Bonchev–Trinajstić information content (AvgIpc) is 3.03. The van der Waals surface area contributed by atoms with Gasteiger partial charge in [-0.1, -0.05) is 30.3 Å². The Morgan fingerprint density at radius 1 is 1.09 bits per heavy atom. The molecule has 0 saturated heterocycles. The van der Waals surface area contributed by atoms with Gasteiger partial charge in [0.05, 0.1) is 23.7 Å². The summed E-state index contributed by atoms with van der Waals surface area (Å²) in [5.41, 5.74) is 2.61. The number of nitrogens with zero attached hydrogens (tertiary/aromatic N) is 2. The molecular formula is C16H14N3O3S-. The van der Waals surface area contributed by atoms with Crippen LogP contribution in [0.5, 0.6) is 0 Å². The smallest absolute Gasteiger partial charge is 0.152 e. The van der Waals surface area contributed by atoms with Gasteiger partial charge in [0.1, 0.15) is 0 Å². The second-order valence-electron chi connectivity index (χ2n) is 4.77. The van der Waals surface area contributed by atoms with Gasteiger partial charge in [-0.05, 0) is 29.8 Å². The zero-order chi connectivity index (χ0) is 16.1. The third-order valence-corrected chi connectivity index (χ3v) is 3.47. The van der Waals surface area contributed by atoms with E-state index >= 15 is 0 Å². The van der Waals surface area contributed by atoms with Gasteiger partial charge >= 0.3 is 0 Å². The summed E-state index contributed by atoms with van der Waals surface area (Å²) in [5.74, 6) is 0.721. The molecule has 0 aliphatic carbocycles. The molecule has 0 aliphatic heterocycles. The minimum Gasteiger partial charge on any atom is -0.750 e. The molecular weight excluding hydrogens is 314 g/mol. The molecule has 1 heterocycles. The molecule has 118 valence electrons. The largest absolute Gasteiger partial charge is 0.750 e. The number of hydrogen-bond acceptors (Lipinski definition) is 5. The predicted octanol–water partition coefficient (Wildman–Crippen LogP) is 2.93. The molecule has 1 aromatic heterocycles. The molecule has 23 heavy (non-hydrogen) atoms. The van der Waals surface area contributed by atoms with E-state index in [0.717, 1.165) is 22.8 Å². The van der Waals surface area contributed by atoms with Crippen LogP contribution in [-0.4, -0.2) is 18.5 Å². The molecule has 0 saturated carbocycles. The van der Waals surface area contributed by atoms with Gasteiger partial charge in [-0.15, -0.1) is 0 Å². The average molecular weight is 328 g/mol. The van der Waals surface area contributed by atoms with Crippen molar-refractivity contribution in [1.29, 1.82) is 0 Å². The van der Waals surface area contributed by atoms with E-state index in [1.54, 1.807) is 16.8 Å². The first-order valence-electron chi connectivity index (χ1n) is 6.90. The standard InChI is InChI=1S/C16H15N3O3S/c20-23(21)22-12-13-6-8-14(9-7-13)17-16-10-11-19(18-16)15-4-2-1-3-5-15/h1-11H,12H2,(H,17,18)(H,20,21)/p-1. The summed E-state index contributed by atoms with van der Waals surface area (Å²) >= 11 is -2.50. The maximum absolute atomic E-state index is 10.4. The first-order valence-corrected chi connectivity index (χ1v) is 7.90. The van der Waals surface area contributed by atoms with Gasteiger partial charge in [0, 0.05) is 18.0 Å². The highest BCUT2D eigenvalue weighted by atomic mass is 32.2. The lowest BCUT2D eigenvalue weighted by Crippen LogP contribution is -1.98. The van der Waals surface area contributed by atoms with Gasteiger partial charge in [0.2, 0.25) is 0 Å². The summed E-state index contributed by atoms with van der Waals surface area (Å²) in [7, 11) is 0. The number of benzene rings is 2. The summed E-state index contributed by atoms with van der Waals surface area (Å²) in [4.78, 5) is 0. The van der Waals surface area contributed by atoms with E-state index < -0.39 is 11.4 Å². The lowest BCUT2D eigenvalue weighted by molar-refractivity contribution is 0.291. The Hall–Kier alpha value is -2.48. The number of para-hydroxylation sites is 1. The molecule has 1 atom stereocenters. The third-order valence-electron chi connectivity index (χ3n) is 3.16. The van der Waals surface area contributed by atoms with Crippen LogP contribution in [0.1, 0.15) is 5.56 Å². The highest BCUT2D eigenvalue weighted by Crippen LogP contribution is 2.17. The van der Waals surface area contributed by atoms with Crippen molar-refractivity contribution in [2.45, 2.75) is 6.61 Å². The molecule has 6 nitrogen and oxygen atoms in total. The van der Waals surface area contributed by atoms with Crippen molar-refractivity contribution in [2.24, 2.45) is 0 Å². The molecule has 0 amide bonds. The maximum Gasteiger partial charge on any atom is 0.152 e. The molecule has 1 unspecified atom stereocenters. The Balaban J connectivity index is 1.66. The minimum absolute atomic E-state index is 0.0268. The van der Waals surface area contributed by atoms with Gasteiger partial charge in [-0.2, -0.15) is 5.10 Å². The van der Waals surface area contributed by atoms with Crippen molar-refractivity contribution in [1.82, 2.24) is 9.78 Å². The second kappa shape index (κ2) is 7.19. The Bertz CT molecular complexity index is 788. The zero-order valence-electron chi connectivity index (χ0n) is 12.1. The summed E-state index contributed by atoms with van der Waals surface area (Å²) in [6.45, 7) is 0.0268. The Labute approximate surface area is 136 Å². The SMILES string of the molecule is O=S([O-])OCc1ccc(Nc2ccn(-c3ccccc3)n2)cc1. The third kappa shape index (κ3) is 4.26. The van der Waals surface area contributed by atoms with Crippen molar-refractivity contribution >= 4 is 22.9 Å². The van der Waals surface area contributed by atoms with Crippen LogP contribution in [0.2, 0.25) is 0 Å². The molecule has 0 aliphatic rings. The van der Waals surface area contributed by atoms with Crippen molar-refractivity contribution < 1.29 is 12.9 Å². The zero-order valence-corrected chi connectivity index (χ0v) is 12.9. The lowest BCUT2D eigenvalue weighted by Gasteiger charge is -2.07. The first kappa shape index (κ1) is 15.4. The van der Waals surface area contributed by atoms with E-state index in [-0.39, 0.29) is 6.61 Å². The Kier molecular flexibility index (Phi) is 4.82. The van der Waals surface area contributed by atoms with Crippen LogP contribution in [0.15, 0.2) is 66.9 Å². The fraction of sp³-hybridized carbons (Fsp3) is 0.0625. The summed E-state index contributed by atoms with van der Waals surface area (Å²) < 4.78 is 27.0. The van der Waals surface area contributed by atoms with Crippen molar-refractivity contribution in [3.05, 3.63) is 72.4 Å². The monoisotopic (exact) mass is 328 g/mol. The van der Waals surface area contributed by atoms with Gasteiger partial charge in [-0.25, -0.2) is 8.89 Å². The lowest BCUT2D eigenvalue weighted by atomic mass is 10.2. The molecule has 3 rings (SSSR count). The molecule has 3 aromatic rings. The van der Waals surface area contributed by atoms with Crippen LogP contribution in [0.4, 0.5) is 11.5 Å². The Morgan fingerprint density at radius 2 is 1.83 bits per heavy atom. The fourth-order valence-corrected chi connectivity index (χ4v) is 2.30. The van der Waals surface area contributed by atoms with Gasteiger partial charge < -0.3 is 9.87 Å².